The number of hydrogen-bond acceptors (Lipinski definition) is 8. The van der Waals surface area contributed by atoms with Gasteiger partial charge in [0.25, 0.3) is 0 Å². The van der Waals surface area contributed by atoms with Gasteiger partial charge in [0.2, 0.25) is 0 Å². The molecule has 204 valence electrons. The Hall–Kier alpha value is 0.0700. The van der Waals surface area contributed by atoms with Crippen LogP contribution in [-0.2, 0) is 14.2 Å². The molecule has 1 unspecified atom stereocenters. The van der Waals surface area contributed by atoms with Crippen molar-refractivity contribution in [3.8, 4) is 0 Å². The summed E-state index contributed by atoms with van der Waals surface area (Å²) >= 11 is 1.42. The van der Waals surface area contributed by atoms with E-state index in [1.165, 1.54) is 95.2 Å². The highest BCUT2D eigenvalue weighted by molar-refractivity contribution is 7.99. The summed E-state index contributed by atoms with van der Waals surface area (Å²) in [6, 6.07) is -0.725. The van der Waals surface area contributed by atoms with Gasteiger partial charge < -0.3 is 35.3 Å². The Bertz CT molecular complexity index is 459. The third kappa shape index (κ3) is 14.0. The first kappa shape index (κ1) is 32.1. The number of unbranched alkanes of at least 4 members (excludes halogenated alkanes) is 13. The lowest BCUT2D eigenvalue weighted by Crippen LogP contribution is -2.61. The molecule has 8 heteroatoms. The van der Waals surface area contributed by atoms with E-state index in [2.05, 4.69) is 6.92 Å². The smallest absolute Gasteiger partial charge is 0.121 e. The first-order valence-corrected chi connectivity index (χ1v) is 14.7. The number of methoxy groups -OCH3 is 1. The molecule has 1 saturated heterocycles. The molecule has 1 rings (SSSR count). The Morgan fingerprint density at radius 3 is 1.88 bits per heavy atom. The van der Waals surface area contributed by atoms with E-state index >= 15 is 0 Å². The van der Waals surface area contributed by atoms with Crippen LogP contribution in [0.15, 0.2) is 0 Å². The van der Waals surface area contributed by atoms with Crippen LogP contribution in [0.1, 0.15) is 96.8 Å². The monoisotopic (exact) mass is 507 g/mol. The second-order valence-corrected chi connectivity index (χ2v) is 10.8. The zero-order chi connectivity index (χ0) is 25.0. The maximum absolute atomic E-state index is 10.1. The lowest BCUT2D eigenvalue weighted by atomic mass is 9.99. The Kier molecular flexibility index (Phi) is 20.0. The highest BCUT2D eigenvalue weighted by Gasteiger charge is 2.42. The molecule has 0 radical (unpaired) electrons. The molecule has 0 aromatic heterocycles. The Balaban J connectivity index is 1.97. The molecule has 1 fully saturated rings. The van der Waals surface area contributed by atoms with Crippen molar-refractivity contribution in [2.45, 2.75) is 133 Å². The lowest BCUT2D eigenvalue weighted by molar-refractivity contribution is -0.166. The molecular weight excluding hydrogens is 454 g/mol. The topological polar surface area (TPSA) is 114 Å². The largest absolute Gasteiger partial charge is 0.394 e. The average Bonchev–Trinajstić information content (AvgIpc) is 2.85. The number of aliphatic hydroxyl groups is 3. The Morgan fingerprint density at radius 1 is 0.853 bits per heavy atom. The molecule has 1 aliphatic heterocycles. The summed E-state index contributed by atoms with van der Waals surface area (Å²) in [4.78, 5) is 0. The molecule has 0 saturated carbocycles. The molecule has 0 aromatic rings. The van der Waals surface area contributed by atoms with Crippen molar-refractivity contribution >= 4 is 11.8 Å². The van der Waals surface area contributed by atoms with E-state index in [-0.39, 0.29) is 12.7 Å². The third-order valence-electron chi connectivity index (χ3n) is 6.65. The third-order valence-corrected chi connectivity index (χ3v) is 7.97. The van der Waals surface area contributed by atoms with Gasteiger partial charge >= 0.3 is 0 Å². The van der Waals surface area contributed by atoms with Crippen molar-refractivity contribution < 1.29 is 29.5 Å². The molecule has 7 nitrogen and oxygen atoms in total. The van der Waals surface area contributed by atoms with Crippen LogP contribution in [0.25, 0.3) is 0 Å². The zero-order valence-electron chi connectivity index (χ0n) is 21.7. The van der Waals surface area contributed by atoms with Crippen LogP contribution in [0.5, 0.6) is 0 Å². The van der Waals surface area contributed by atoms with Gasteiger partial charge in [-0.05, 0) is 6.42 Å². The van der Waals surface area contributed by atoms with Gasteiger partial charge in [0.1, 0.15) is 23.7 Å². The maximum Gasteiger partial charge on any atom is 0.121 e. The SMILES string of the molecule is CCCCCCCCCCCCCCCCOCC(CS[C@@H]1O[C@H](CO)[C@H](O)[C@H](O)[C@H]1N)OC. The number of thioether (sulfide) groups is 1. The Morgan fingerprint density at radius 2 is 1.38 bits per heavy atom. The van der Waals surface area contributed by atoms with E-state index in [0.29, 0.717) is 12.4 Å². The minimum atomic E-state index is -1.18. The molecule has 34 heavy (non-hydrogen) atoms. The predicted octanol–water partition coefficient (Wildman–Crippen LogP) is 4.00. The van der Waals surface area contributed by atoms with E-state index in [4.69, 9.17) is 19.9 Å². The second-order valence-electron chi connectivity index (χ2n) is 9.65. The number of ether oxygens (including phenoxy) is 3. The van der Waals surface area contributed by atoms with E-state index in [1.807, 2.05) is 0 Å². The van der Waals surface area contributed by atoms with Crippen molar-refractivity contribution in [3.05, 3.63) is 0 Å². The van der Waals surface area contributed by atoms with Gasteiger partial charge in [-0.1, -0.05) is 90.4 Å². The maximum atomic E-state index is 10.1. The van der Waals surface area contributed by atoms with Crippen LogP contribution in [0, 0.1) is 0 Å². The molecular formula is C26H53NO6S. The van der Waals surface area contributed by atoms with Crippen LogP contribution in [0.2, 0.25) is 0 Å². The fourth-order valence-electron chi connectivity index (χ4n) is 4.25. The summed E-state index contributed by atoms with van der Waals surface area (Å²) in [5.41, 5.74) is 5.47. The second kappa shape index (κ2) is 21.2. The van der Waals surface area contributed by atoms with Gasteiger partial charge in [-0.15, -0.1) is 11.8 Å². The number of aliphatic hydroxyl groups excluding tert-OH is 3. The van der Waals surface area contributed by atoms with Crippen LogP contribution < -0.4 is 5.73 Å². The minimum absolute atomic E-state index is 0.107. The predicted molar refractivity (Wildman–Crippen MR) is 140 cm³/mol. The molecule has 1 heterocycles. The molecule has 0 aromatic carbocycles. The van der Waals surface area contributed by atoms with Gasteiger partial charge in [0.15, 0.2) is 0 Å². The minimum Gasteiger partial charge on any atom is -0.394 e. The molecule has 1 aliphatic rings. The van der Waals surface area contributed by atoms with Gasteiger partial charge in [-0.25, -0.2) is 0 Å². The quantitative estimate of drug-likeness (QED) is 0.163. The van der Waals surface area contributed by atoms with E-state index in [0.717, 1.165) is 13.0 Å². The lowest BCUT2D eigenvalue weighted by Gasteiger charge is -2.40. The summed E-state index contributed by atoms with van der Waals surface area (Å²) in [7, 11) is 1.65. The van der Waals surface area contributed by atoms with Crippen molar-refractivity contribution in [2.75, 3.05) is 32.7 Å². The fourth-order valence-corrected chi connectivity index (χ4v) is 5.49. The molecule has 0 spiro atoms. The highest BCUT2D eigenvalue weighted by Crippen LogP contribution is 2.28. The van der Waals surface area contributed by atoms with E-state index in [9.17, 15) is 15.3 Å². The van der Waals surface area contributed by atoms with Crippen molar-refractivity contribution in [1.29, 1.82) is 0 Å². The van der Waals surface area contributed by atoms with Crippen molar-refractivity contribution in [2.24, 2.45) is 5.73 Å². The summed E-state index contributed by atoms with van der Waals surface area (Å²) in [6.07, 6.45) is 15.6. The highest BCUT2D eigenvalue weighted by atomic mass is 32.2. The van der Waals surface area contributed by atoms with E-state index in [1.54, 1.807) is 7.11 Å². The van der Waals surface area contributed by atoms with Crippen molar-refractivity contribution in [1.82, 2.24) is 0 Å². The first-order chi connectivity index (χ1) is 16.5. The normalized spacial score (nSPS) is 26.1. The van der Waals surface area contributed by atoms with Crippen LogP contribution in [-0.4, -0.2) is 83.9 Å². The summed E-state index contributed by atoms with van der Waals surface area (Å²) < 4.78 is 16.9. The summed E-state index contributed by atoms with van der Waals surface area (Å²) in [5, 5.41) is 29.3. The standard InChI is InChI=1S/C26H53NO6S/c1-3-4-5-6-7-8-9-10-11-12-13-14-15-16-17-32-19-21(31-2)20-34-26-23(27)25(30)24(29)22(18-28)33-26/h21-26,28-30H,3-20,27H2,1-2H3/t21?,22-,23-,24+,25-,26+/m1/s1. The number of nitrogens with two attached hydrogens (primary N) is 1. The Labute approximate surface area is 212 Å². The van der Waals surface area contributed by atoms with Gasteiger partial charge in [-0.3, -0.25) is 0 Å². The molecule has 5 N–H and O–H groups in total. The van der Waals surface area contributed by atoms with Crippen LogP contribution in [0.3, 0.4) is 0 Å². The number of hydrogen-bond donors (Lipinski definition) is 4. The van der Waals surface area contributed by atoms with Gasteiger partial charge in [-0.2, -0.15) is 0 Å². The van der Waals surface area contributed by atoms with Crippen LogP contribution in [0.4, 0.5) is 0 Å². The number of rotatable bonds is 22. The van der Waals surface area contributed by atoms with Gasteiger partial charge in [0, 0.05) is 19.5 Å². The fraction of sp³-hybridized carbons (Fsp3) is 1.00. The molecule has 0 amide bonds. The summed E-state index contributed by atoms with van der Waals surface area (Å²) in [6.45, 7) is 3.14. The summed E-state index contributed by atoms with van der Waals surface area (Å²) in [5.74, 6) is 0.592. The van der Waals surface area contributed by atoms with Crippen molar-refractivity contribution in [3.63, 3.8) is 0 Å². The first-order valence-electron chi connectivity index (χ1n) is 13.6. The average molecular weight is 508 g/mol. The van der Waals surface area contributed by atoms with Gasteiger partial charge in [0.05, 0.1) is 25.4 Å². The van der Waals surface area contributed by atoms with E-state index < -0.39 is 29.8 Å². The van der Waals surface area contributed by atoms with Crippen LogP contribution >= 0.6 is 11.8 Å². The molecule has 6 atom stereocenters. The molecule has 0 bridgehead atoms. The molecule has 0 aliphatic carbocycles. The zero-order valence-corrected chi connectivity index (χ0v) is 22.6.